The third-order valence-electron chi connectivity index (χ3n) is 2.15. The molecule has 86 valence electrons. The van der Waals surface area contributed by atoms with Crippen LogP contribution in [0.15, 0.2) is 24.3 Å². The maximum absolute atomic E-state index is 11.0. The van der Waals surface area contributed by atoms with E-state index in [0.29, 0.717) is 11.1 Å². The van der Waals surface area contributed by atoms with Crippen molar-refractivity contribution < 1.29 is 19.8 Å². The molecule has 1 amide bonds. The first kappa shape index (κ1) is 12.2. The molecule has 0 bridgehead atoms. The van der Waals surface area contributed by atoms with Crippen molar-refractivity contribution in [2.24, 2.45) is 5.73 Å². The van der Waals surface area contributed by atoms with Gasteiger partial charge in [0.15, 0.2) is 0 Å². The summed E-state index contributed by atoms with van der Waals surface area (Å²) in [4.78, 5) is 21.4. The van der Waals surface area contributed by atoms with E-state index in [0.717, 1.165) is 0 Å². The lowest BCUT2D eigenvalue weighted by molar-refractivity contribution is -0.139. The molecular formula is C11H13NO4. The topological polar surface area (TPSA) is 101 Å². The lowest BCUT2D eigenvalue weighted by Gasteiger charge is -2.10. The van der Waals surface area contributed by atoms with Crippen LogP contribution in [-0.4, -0.2) is 28.2 Å². The van der Waals surface area contributed by atoms with Gasteiger partial charge in [-0.25, -0.2) is 0 Å². The SMILES string of the molecule is NC(=O)c1ccccc1CC(O)CC(=O)O. The van der Waals surface area contributed by atoms with E-state index in [1.54, 1.807) is 24.3 Å². The Balaban J connectivity index is 2.80. The third kappa shape index (κ3) is 3.36. The van der Waals surface area contributed by atoms with Crippen LogP contribution >= 0.6 is 0 Å². The minimum atomic E-state index is -1.08. The van der Waals surface area contributed by atoms with Crippen molar-refractivity contribution in [3.8, 4) is 0 Å². The van der Waals surface area contributed by atoms with E-state index < -0.39 is 18.0 Å². The quantitative estimate of drug-likeness (QED) is 0.662. The Kier molecular flexibility index (Phi) is 4.02. The maximum Gasteiger partial charge on any atom is 0.305 e. The fourth-order valence-corrected chi connectivity index (χ4v) is 1.47. The van der Waals surface area contributed by atoms with Crippen LogP contribution in [0, 0.1) is 0 Å². The molecule has 0 aliphatic carbocycles. The minimum Gasteiger partial charge on any atom is -0.481 e. The Morgan fingerprint density at radius 2 is 1.94 bits per heavy atom. The van der Waals surface area contributed by atoms with Gasteiger partial charge < -0.3 is 15.9 Å². The average molecular weight is 223 g/mol. The number of nitrogens with two attached hydrogens (primary N) is 1. The van der Waals surface area contributed by atoms with Crippen LogP contribution in [0.2, 0.25) is 0 Å². The summed E-state index contributed by atoms with van der Waals surface area (Å²) in [5.74, 6) is -1.66. The Labute approximate surface area is 92.5 Å². The van der Waals surface area contributed by atoms with Crippen LogP contribution in [-0.2, 0) is 11.2 Å². The van der Waals surface area contributed by atoms with Gasteiger partial charge in [0.25, 0.3) is 0 Å². The number of aliphatic hydroxyl groups is 1. The van der Waals surface area contributed by atoms with Crippen molar-refractivity contribution in [1.82, 2.24) is 0 Å². The molecule has 0 heterocycles. The van der Waals surface area contributed by atoms with Crippen LogP contribution in [0.1, 0.15) is 22.3 Å². The number of hydrogen-bond acceptors (Lipinski definition) is 3. The number of rotatable bonds is 5. The van der Waals surface area contributed by atoms with Gasteiger partial charge >= 0.3 is 5.97 Å². The molecule has 0 spiro atoms. The van der Waals surface area contributed by atoms with Gasteiger partial charge in [-0.1, -0.05) is 18.2 Å². The summed E-state index contributed by atoms with van der Waals surface area (Å²) in [6, 6.07) is 6.55. The predicted octanol–water partition coefficient (Wildman–Crippen LogP) is 0.164. The largest absolute Gasteiger partial charge is 0.481 e. The third-order valence-corrected chi connectivity index (χ3v) is 2.15. The van der Waals surface area contributed by atoms with Crippen molar-refractivity contribution in [2.75, 3.05) is 0 Å². The number of carbonyl (C=O) groups is 2. The summed E-state index contributed by atoms with van der Waals surface area (Å²) in [7, 11) is 0. The number of carbonyl (C=O) groups excluding carboxylic acids is 1. The first-order valence-electron chi connectivity index (χ1n) is 4.78. The number of carboxylic acids is 1. The molecule has 16 heavy (non-hydrogen) atoms. The second kappa shape index (κ2) is 5.27. The van der Waals surface area contributed by atoms with E-state index in [-0.39, 0.29) is 12.8 Å². The van der Waals surface area contributed by atoms with Crippen molar-refractivity contribution >= 4 is 11.9 Å². The molecular weight excluding hydrogens is 210 g/mol. The summed E-state index contributed by atoms with van der Waals surface area (Å²) in [5, 5.41) is 17.9. The van der Waals surface area contributed by atoms with E-state index in [1.807, 2.05) is 0 Å². The summed E-state index contributed by atoms with van der Waals surface area (Å²) < 4.78 is 0. The normalized spacial score (nSPS) is 12.1. The molecule has 0 saturated heterocycles. The molecule has 1 atom stereocenters. The van der Waals surface area contributed by atoms with Gasteiger partial charge in [-0.3, -0.25) is 9.59 Å². The minimum absolute atomic E-state index is 0.103. The van der Waals surface area contributed by atoms with E-state index in [2.05, 4.69) is 0 Å². The fourth-order valence-electron chi connectivity index (χ4n) is 1.47. The van der Waals surface area contributed by atoms with Crippen LogP contribution in [0.4, 0.5) is 0 Å². The van der Waals surface area contributed by atoms with Crippen LogP contribution in [0.3, 0.4) is 0 Å². The smallest absolute Gasteiger partial charge is 0.305 e. The molecule has 1 unspecified atom stereocenters. The van der Waals surface area contributed by atoms with Crippen molar-refractivity contribution in [3.05, 3.63) is 35.4 Å². The molecule has 5 nitrogen and oxygen atoms in total. The number of benzene rings is 1. The molecule has 5 heteroatoms. The summed E-state index contributed by atoms with van der Waals surface area (Å²) >= 11 is 0. The second-order valence-electron chi connectivity index (χ2n) is 3.48. The Morgan fingerprint density at radius 1 is 1.31 bits per heavy atom. The number of amides is 1. The second-order valence-corrected chi connectivity index (χ2v) is 3.48. The molecule has 0 fully saturated rings. The van der Waals surface area contributed by atoms with Gasteiger partial charge in [-0.15, -0.1) is 0 Å². The highest BCUT2D eigenvalue weighted by molar-refractivity contribution is 5.94. The van der Waals surface area contributed by atoms with Gasteiger partial charge in [-0.05, 0) is 18.1 Å². The highest BCUT2D eigenvalue weighted by Gasteiger charge is 2.14. The van der Waals surface area contributed by atoms with Crippen molar-refractivity contribution in [3.63, 3.8) is 0 Å². The maximum atomic E-state index is 11.0. The molecule has 0 aliphatic rings. The number of aliphatic hydroxyl groups excluding tert-OH is 1. The standard InChI is InChI=1S/C11H13NO4/c12-11(16)9-4-2-1-3-7(9)5-8(13)6-10(14)15/h1-4,8,13H,5-6H2,(H2,12,16)(H,14,15). The van der Waals surface area contributed by atoms with E-state index >= 15 is 0 Å². The zero-order valence-corrected chi connectivity index (χ0v) is 8.59. The van der Waals surface area contributed by atoms with Crippen molar-refractivity contribution in [2.45, 2.75) is 18.9 Å². The van der Waals surface area contributed by atoms with Crippen LogP contribution in [0.25, 0.3) is 0 Å². The fraction of sp³-hybridized carbons (Fsp3) is 0.273. The number of carboxylic acid groups (broad SMARTS) is 1. The molecule has 1 aromatic rings. The monoisotopic (exact) mass is 223 g/mol. The van der Waals surface area contributed by atoms with Crippen LogP contribution < -0.4 is 5.73 Å². The lowest BCUT2D eigenvalue weighted by atomic mass is 10.00. The van der Waals surface area contributed by atoms with Gasteiger partial charge in [0.2, 0.25) is 5.91 Å². The Morgan fingerprint density at radius 3 is 2.50 bits per heavy atom. The average Bonchev–Trinajstić information content (AvgIpc) is 2.16. The molecule has 0 saturated carbocycles. The molecule has 0 aromatic heterocycles. The first-order valence-corrected chi connectivity index (χ1v) is 4.78. The first-order chi connectivity index (χ1) is 7.50. The Hall–Kier alpha value is -1.88. The van der Waals surface area contributed by atoms with Gasteiger partial charge in [0.05, 0.1) is 12.5 Å². The highest BCUT2D eigenvalue weighted by atomic mass is 16.4. The van der Waals surface area contributed by atoms with Gasteiger partial charge in [-0.2, -0.15) is 0 Å². The lowest BCUT2D eigenvalue weighted by Crippen LogP contribution is -2.19. The van der Waals surface area contributed by atoms with Gasteiger partial charge in [0, 0.05) is 5.56 Å². The van der Waals surface area contributed by atoms with Crippen molar-refractivity contribution in [1.29, 1.82) is 0 Å². The zero-order valence-electron chi connectivity index (χ0n) is 8.59. The molecule has 4 N–H and O–H groups in total. The van der Waals surface area contributed by atoms with E-state index in [4.69, 9.17) is 10.8 Å². The number of hydrogen-bond donors (Lipinski definition) is 3. The number of primary amides is 1. The molecule has 0 aliphatic heterocycles. The van der Waals surface area contributed by atoms with Gasteiger partial charge in [0.1, 0.15) is 0 Å². The van der Waals surface area contributed by atoms with Crippen LogP contribution in [0.5, 0.6) is 0 Å². The van der Waals surface area contributed by atoms with E-state index in [1.165, 1.54) is 0 Å². The number of aliphatic carboxylic acids is 1. The molecule has 1 rings (SSSR count). The summed E-state index contributed by atoms with van der Waals surface area (Å²) in [5.41, 5.74) is 6.03. The summed E-state index contributed by atoms with van der Waals surface area (Å²) in [6.45, 7) is 0. The molecule has 0 radical (unpaired) electrons. The summed E-state index contributed by atoms with van der Waals surface area (Å²) in [6.07, 6.45) is -1.27. The molecule has 1 aromatic carbocycles. The van der Waals surface area contributed by atoms with E-state index in [9.17, 15) is 14.7 Å². The zero-order chi connectivity index (χ0) is 12.1. The highest BCUT2D eigenvalue weighted by Crippen LogP contribution is 2.12. The predicted molar refractivity (Wildman–Crippen MR) is 56.9 cm³/mol. The Bertz CT molecular complexity index is 403.